The molecule has 0 saturated heterocycles. The van der Waals surface area contributed by atoms with Crippen LogP contribution in [0.3, 0.4) is 0 Å². The van der Waals surface area contributed by atoms with Crippen LogP contribution in [-0.2, 0) is 9.84 Å². The molecule has 0 aliphatic carbocycles. The van der Waals surface area contributed by atoms with Gasteiger partial charge in [0.05, 0.1) is 11.9 Å². The van der Waals surface area contributed by atoms with Crippen LogP contribution in [0, 0.1) is 0 Å². The van der Waals surface area contributed by atoms with Gasteiger partial charge in [-0.1, -0.05) is 22.9 Å². The highest BCUT2D eigenvalue weighted by Crippen LogP contribution is 2.24. The van der Waals surface area contributed by atoms with Crippen LogP contribution in [0.4, 0.5) is 8.78 Å². The second-order valence-electron chi connectivity index (χ2n) is 2.94. The van der Waals surface area contributed by atoms with Crippen molar-refractivity contribution in [2.75, 3.05) is 5.75 Å². The molecule has 3 nitrogen and oxygen atoms in total. The van der Waals surface area contributed by atoms with E-state index in [1.807, 2.05) is 0 Å². The van der Waals surface area contributed by atoms with Crippen LogP contribution in [0.15, 0.2) is 22.2 Å². The second kappa shape index (κ2) is 5.20. The van der Waals surface area contributed by atoms with E-state index in [1.54, 1.807) is 0 Å². The fourth-order valence-electron chi connectivity index (χ4n) is 0.867. The van der Waals surface area contributed by atoms with Crippen LogP contribution in [0.1, 0.15) is 13.3 Å². The molecule has 0 fully saturated rings. The topological polar surface area (TPSA) is 47.0 Å². The predicted octanol–water partition coefficient (Wildman–Crippen LogP) is 3.13. The summed E-state index contributed by atoms with van der Waals surface area (Å²) in [7, 11) is -3.69. The van der Waals surface area contributed by atoms with Crippen molar-refractivity contribution in [3.8, 4) is 0 Å². The number of allylic oxidation sites excluding steroid dienone is 2. The van der Waals surface area contributed by atoms with E-state index in [4.69, 9.17) is 11.6 Å². The van der Waals surface area contributed by atoms with Crippen LogP contribution >= 0.6 is 22.9 Å². The van der Waals surface area contributed by atoms with Crippen LogP contribution in [-0.4, -0.2) is 19.2 Å². The highest BCUT2D eigenvalue weighted by molar-refractivity contribution is 7.93. The van der Waals surface area contributed by atoms with Gasteiger partial charge in [0.2, 0.25) is 14.2 Å². The number of halogens is 3. The van der Waals surface area contributed by atoms with Crippen molar-refractivity contribution in [2.45, 2.75) is 17.7 Å². The fourth-order valence-corrected chi connectivity index (χ4v) is 3.51. The Morgan fingerprint density at radius 2 is 2.19 bits per heavy atom. The molecule has 0 bridgehead atoms. The molecule has 0 aromatic carbocycles. The number of hydrogen-bond acceptors (Lipinski definition) is 4. The first-order chi connectivity index (χ1) is 7.33. The lowest BCUT2D eigenvalue weighted by Crippen LogP contribution is -2.06. The van der Waals surface area contributed by atoms with Gasteiger partial charge in [-0.2, -0.15) is 0 Å². The first kappa shape index (κ1) is 13.5. The van der Waals surface area contributed by atoms with Gasteiger partial charge in [0.15, 0.2) is 0 Å². The number of aromatic nitrogens is 1. The Balaban J connectivity index is 2.78. The molecule has 0 saturated carbocycles. The molecule has 0 amide bonds. The Bertz CT molecular complexity index is 506. The maximum absolute atomic E-state index is 12.8. The Labute approximate surface area is 101 Å². The molecule has 0 radical (unpaired) electrons. The minimum atomic E-state index is -3.69. The maximum Gasteiger partial charge on any atom is 0.210 e. The molecule has 0 aliphatic heterocycles. The van der Waals surface area contributed by atoms with Gasteiger partial charge in [-0.25, -0.2) is 22.2 Å². The normalized spacial score (nSPS) is 13.8. The van der Waals surface area contributed by atoms with Gasteiger partial charge in [-0.05, 0) is 6.92 Å². The van der Waals surface area contributed by atoms with Crippen molar-refractivity contribution < 1.29 is 17.2 Å². The van der Waals surface area contributed by atoms with Crippen molar-refractivity contribution in [3.63, 3.8) is 0 Å². The van der Waals surface area contributed by atoms with Crippen molar-refractivity contribution >= 4 is 32.8 Å². The minimum absolute atomic E-state index is 0.179. The molecule has 0 spiro atoms. The molecule has 0 atom stereocenters. The van der Waals surface area contributed by atoms with E-state index in [0.29, 0.717) is 0 Å². The number of nitrogens with zero attached hydrogens (tertiary/aromatic N) is 1. The number of thiazole rings is 1. The van der Waals surface area contributed by atoms with E-state index < -0.39 is 33.7 Å². The summed E-state index contributed by atoms with van der Waals surface area (Å²) in [5.41, 5.74) is 0. The minimum Gasteiger partial charge on any atom is -0.232 e. The predicted molar refractivity (Wildman–Crippen MR) is 58.7 cm³/mol. The Hall–Kier alpha value is -0.530. The molecule has 1 aromatic rings. The van der Waals surface area contributed by atoms with Gasteiger partial charge in [-0.15, -0.1) is 0 Å². The molecule has 8 heteroatoms. The highest BCUT2D eigenvalue weighted by atomic mass is 35.5. The lowest BCUT2D eigenvalue weighted by atomic mass is 10.4. The summed E-state index contributed by atoms with van der Waals surface area (Å²) in [6.45, 7) is 0.933. The average molecular weight is 288 g/mol. The van der Waals surface area contributed by atoms with Gasteiger partial charge in [0.25, 0.3) is 0 Å². The van der Waals surface area contributed by atoms with E-state index in [-0.39, 0.29) is 8.68 Å². The van der Waals surface area contributed by atoms with E-state index >= 15 is 0 Å². The van der Waals surface area contributed by atoms with Crippen LogP contribution in [0.2, 0.25) is 4.34 Å². The summed E-state index contributed by atoms with van der Waals surface area (Å²) in [6.07, 6.45) is 0.702. The summed E-state index contributed by atoms with van der Waals surface area (Å²) >= 11 is 6.32. The lowest BCUT2D eigenvalue weighted by molar-refractivity contribution is 0.515. The van der Waals surface area contributed by atoms with E-state index in [9.17, 15) is 17.2 Å². The van der Waals surface area contributed by atoms with Gasteiger partial charge in [0, 0.05) is 6.42 Å². The van der Waals surface area contributed by atoms with Gasteiger partial charge in [0.1, 0.15) is 16.0 Å². The van der Waals surface area contributed by atoms with Gasteiger partial charge >= 0.3 is 0 Å². The summed E-state index contributed by atoms with van der Waals surface area (Å²) < 4.78 is 48.3. The third-order valence-corrected chi connectivity index (χ3v) is 4.99. The Kier molecular flexibility index (Phi) is 4.40. The van der Waals surface area contributed by atoms with E-state index in [0.717, 1.165) is 18.3 Å². The quantitative estimate of drug-likeness (QED) is 0.855. The molecular formula is C8H8ClF2NO2S2. The zero-order valence-corrected chi connectivity index (χ0v) is 10.6. The van der Waals surface area contributed by atoms with Crippen LogP contribution in [0.25, 0.3) is 0 Å². The number of rotatable bonds is 4. The molecule has 0 N–H and O–H groups in total. The van der Waals surface area contributed by atoms with Gasteiger partial charge < -0.3 is 0 Å². The smallest absolute Gasteiger partial charge is 0.210 e. The van der Waals surface area contributed by atoms with E-state index in [2.05, 4.69) is 4.98 Å². The summed E-state index contributed by atoms with van der Waals surface area (Å²) in [5, 5.41) is 0. The van der Waals surface area contributed by atoms with Crippen LogP contribution in [0.5, 0.6) is 0 Å². The van der Waals surface area contributed by atoms with Crippen molar-refractivity contribution in [2.24, 2.45) is 0 Å². The third-order valence-electron chi connectivity index (χ3n) is 1.69. The molecule has 90 valence electrons. The molecule has 0 unspecified atom stereocenters. The molecule has 16 heavy (non-hydrogen) atoms. The van der Waals surface area contributed by atoms with Crippen molar-refractivity contribution in [3.05, 3.63) is 22.2 Å². The Morgan fingerprint density at radius 3 is 2.62 bits per heavy atom. The first-order valence-corrected chi connectivity index (χ1v) is 7.02. The number of hydrogen-bond donors (Lipinski definition) is 0. The average Bonchev–Trinajstić information content (AvgIpc) is 2.61. The van der Waals surface area contributed by atoms with E-state index in [1.165, 1.54) is 6.20 Å². The fraction of sp³-hybridized carbons (Fsp3) is 0.375. The largest absolute Gasteiger partial charge is 0.232 e. The molecule has 0 aliphatic rings. The first-order valence-electron chi connectivity index (χ1n) is 4.18. The van der Waals surface area contributed by atoms with Crippen LogP contribution < -0.4 is 0 Å². The zero-order chi connectivity index (χ0) is 12.3. The third kappa shape index (κ3) is 3.50. The molecular weight excluding hydrogens is 280 g/mol. The monoisotopic (exact) mass is 287 g/mol. The van der Waals surface area contributed by atoms with Gasteiger partial charge in [-0.3, -0.25) is 0 Å². The number of sulfone groups is 1. The lowest BCUT2D eigenvalue weighted by Gasteiger charge is -1.99. The molecule has 1 aromatic heterocycles. The summed E-state index contributed by atoms with van der Waals surface area (Å²) in [6, 6.07) is 0. The highest BCUT2D eigenvalue weighted by Gasteiger charge is 2.19. The molecule has 1 rings (SSSR count). The Morgan fingerprint density at radius 1 is 1.56 bits per heavy atom. The zero-order valence-electron chi connectivity index (χ0n) is 8.21. The maximum atomic E-state index is 12.8. The molecule has 1 heterocycles. The SMILES string of the molecule is C/C(F)=C(\F)CCS(=O)(=O)c1ncc(Cl)s1. The summed E-state index contributed by atoms with van der Waals surface area (Å²) in [4.78, 5) is 3.58. The second-order valence-corrected chi connectivity index (χ2v) is 6.88. The van der Waals surface area contributed by atoms with Crippen molar-refractivity contribution in [1.82, 2.24) is 4.98 Å². The van der Waals surface area contributed by atoms with Crippen molar-refractivity contribution in [1.29, 1.82) is 0 Å². The standard InChI is InChI=1S/C8H8ClF2NO2S2/c1-5(10)6(11)2-3-16(13,14)8-12-4-7(9)15-8/h4H,2-3H2,1H3/b6-5+. The summed E-state index contributed by atoms with van der Waals surface area (Å²) in [5.74, 6) is -2.59.